The number of primary amides is 1. The number of anilines is 2. The molecular formula is C23H26F3IN4O3. The molecule has 0 radical (unpaired) electrons. The van der Waals surface area contributed by atoms with Crippen molar-refractivity contribution in [2.45, 2.75) is 31.9 Å². The van der Waals surface area contributed by atoms with Crippen molar-refractivity contribution < 1.29 is 27.9 Å². The molecule has 1 aliphatic heterocycles. The Balaban J connectivity index is 1.81. The normalized spacial score (nSPS) is 15.3. The van der Waals surface area contributed by atoms with E-state index in [9.17, 15) is 27.9 Å². The molecule has 0 saturated carbocycles. The van der Waals surface area contributed by atoms with Gasteiger partial charge in [0, 0.05) is 10.1 Å². The molecule has 0 atom stereocenters. The van der Waals surface area contributed by atoms with Crippen molar-refractivity contribution in [1.29, 1.82) is 0 Å². The number of carbonyl (C=O) groups is 2. The van der Waals surface area contributed by atoms with E-state index in [1.807, 2.05) is 29.5 Å². The molecule has 0 spiro atoms. The summed E-state index contributed by atoms with van der Waals surface area (Å²) in [6.45, 7) is 5.45. The van der Waals surface area contributed by atoms with Crippen LogP contribution in [0.25, 0.3) is 0 Å². The first-order valence-corrected chi connectivity index (χ1v) is 11.6. The van der Waals surface area contributed by atoms with E-state index in [1.54, 1.807) is 24.8 Å². The van der Waals surface area contributed by atoms with Crippen LogP contribution < -0.4 is 11.1 Å². The summed E-state index contributed by atoms with van der Waals surface area (Å²) in [5, 5.41) is 13.4. The molecule has 34 heavy (non-hydrogen) atoms. The second-order valence-electron chi connectivity index (χ2n) is 8.86. The molecule has 1 fully saturated rings. The van der Waals surface area contributed by atoms with Crippen LogP contribution in [-0.2, 0) is 4.79 Å². The number of halogens is 4. The number of hydrogen-bond donors (Lipinski definition) is 3. The maximum atomic E-state index is 14.6. The lowest BCUT2D eigenvalue weighted by Gasteiger charge is -2.50. The smallest absolute Gasteiger partial charge is 0.256 e. The molecule has 7 nitrogen and oxygen atoms in total. The van der Waals surface area contributed by atoms with E-state index >= 15 is 0 Å². The Morgan fingerprint density at radius 1 is 1.21 bits per heavy atom. The predicted molar refractivity (Wildman–Crippen MR) is 130 cm³/mol. The number of aliphatic hydroxyl groups is 1. The third-order valence-corrected chi connectivity index (χ3v) is 6.71. The number of nitrogens with zero attached hydrogens (tertiary/aromatic N) is 2. The highest BCUT2D eigenvalue weighted by atomic mass is 127. The molecule has 0 aliphatic carbocycles. The van der Waals surface area contributed by atoms with Crippen LogP contribution in [0.1, 0.15) is 31.1 Å². The van der Waals surface area contributed by atoms with Crippen LogP contribution in [0, 0.1) is 21.0 Å². The minimum atomic E-state index is -1.32. The lowest BCUT2D eigenvalue weighted by molar-refractivity contribution is -0.137. The van der Waals surface area contributed by atoms with Crippen molar-refractivity contribution in [3.8, 4) is 0 Å². The van der Waals surface area contributed by atoms with Crippen molar-refractivity contribution >= 4 is 45.8 Å². The second-order valence-corrected chi connectivity index (χ2v) is 10.1. The number of likely N-dealkylation sites (N-methyl/N-ethyl adjacent to an activating group) is 1. The molecule has 2 aromatic carbocycles. The van der Waals surface area contributed by atoms with Crippen LogP contribution >= 0.6 is 22.6 Å². The van der Waals surface area contributed by atoms with E-state index in [4.69, 9.17) is 5.73 Å². The van der Waals surface area contributed by atoms with Gasteiger partial charge in [-0.3, -0.25) is 14.5 Å². The molecule has 2 amide bonds. The van der Waals surface area contributed by atoms with Gasteiger partial charge in [-0.2, -0.15) is 0 Å². The minimum absolute atomic E-state index is 0.0833. The van der Waals surface area contributed by atoms with Gasteiger partial charge in [-0.05, 0) is 73.3 Å². The fourth-order valence-corrected chi connectivity index (χ4v) is 4.32. The Morgan fingerprint density at radius 2 is 1.85 bits per heavy atom. The highest BCUT2D eigenvalue weighted by molar-refractivity contribution is 14.1. The number of β-amino-alcohol motifs (C(OH)–C–C–N with tert-alkyl or cyclic N) is 1. The lowest BCUT2D eigenvalue weighted by atomic mass is 9.89. The summed E-state index contributed by atoms with van der Waals surface area (Å²) < 4.78 is 43.5. The Morgan fingerprint density at radius 3 is 2.41 bits per heavy atom. The van der Waals surface area contributed by atoms with Gasteiger partial charge in [0.05, 0.1) is 35.6 Å². The summed E-state index contributed by atoms with van der Waals surface area (Å²) in [6.07, 6.45) is 0. The van der Waals surface area contributed by atoms with Gasteiger partial charge in [0.2, 0.25) is 5.91 Å². The third-order valence-electron chi connectivity index (χ3n) is 6.03. The van der Waals surface area contributed by atoms with E-state index < -0.39 is 46.1 Å². The molecule has 1 aliphatic rings. The minimum Gasteiger partial charge on any atom is -0.385 e. The summed E-state index contributed by atoms with van der Waals surface area (Å²) >= 11 is 1.91. The summed E-state index contributed by atoms with van der Waals surface area (Å²) in [4.78, 5) is 27.9. The van der Waals surface area contributed by atoms with Crippen LogP contribution in [-0.4, -0.2) is 64.0 Å². The number of likely N-dealkylation sites (tertiary alicyclic amines) is 1. The zero-order valence-corrected chi connectivity index (χ0v) is 21.1. The first-order chi connectivity index (χ1) is 15.8. The summed E-state index contributed by atoms with van der Waals surface area (Å²) in [6, 6.07) is 6.08. The van der Waals surface area contributed by atoms with Crippen LogP contribution in [0.4, 0.5) is 24.5 Å². The molecule has 0 aromatic heterocycles. The number of nitrogens with two attached hydrogens (primary N) is 1. The molecule has 184 valence electrons. The molecule has 2 aromatic rings. The zero-order chi connectivity index (χ0) is 25.4. The SMILES string of the molecule is CCN(CC1(O)CN(C(=O)c2ccc(F)c(F)c2Nc2ccc(I)cc2F)C1)C(C)(C)C(N)=O. The third kappa shape index (κ3) is 5.15. The molecular weight excluding hydrogens is 564 g/mol. The van der Waals surface area contributed by atoms with Crippen molar-refractivity contribution in [2.75, 3.05) is 31.5 Å². The number of carbonyl (C=O) groups excluding carboxylic acids is 2. The molecule has 3 rings (SSSR count). The summed E-state index contributed by atoms with van der Waals surface area (Å²) in [5.41, 5.74) is 2.33. The van der Waals surface area contributed by atoms with E-state index in [-0.39, 0.29) is 30.9 Å². The van der Waals surface area contributed by atoms with Crippen molar-refractivity contribution in [3.63, 3.8) is 0 Å². The van der Waals surface area contributed by atoms with E-state index in [0.29, 0.717) is 10.1 Å². The first-order valence-electron chi connectivity index (χ1n) is 10.6. The summed E-state index contributed by atoms with van der Waals surface area (Å²) in [7, 11) is 0. The molecule has 1 heterocycles. The Bertz CT molecular complexity index is 1120. The van der Waals surface area contributed by atoms with E-state index in [0.717, 1.165) is 12.1 Å². The van der Waals surface area contributed by atoms with Gasteiger partial charge in [-0.25, -0.2) is 13.2 Å². The Hall–Kier alpha value is -2.38. The number of nitrogens with one attached hydrogen (secondary N) is 1. The van der Waals surface area contributed by atoms with Gasteiger partial charge in [-0.1, -0.05) is 6.92 Å². The van der Waals surface area contributed by atoms with Crippen LogP contribution in [0.3, 0.4) is 0 Å². The van der Waals surface area contributed by atoms with Gasteiger partial charge in [0.25, 0.3) is 5.91 Å². The maximum absolute atomic E-state index is 14.6. The van der Waals surface area contributed by atoms with Crippen LogP contribution in [0.15, 0.2) is 30.3 Å². The average molecular weight is 590 g/mol. The Labute approximate surface area is 209 Å². The number of rotatable bonds is 8. The van der Waals surface area contributed by atoms with Crippen LogP contribution in [0.5, 0.6) is 0 Å². The molecule has 11 heteroatoms. The predicted octanol–water partition coefficient (Wildman–Crippen LogP) is 3.22. The lowest BCUT2D eigenvalue weighted by Crippen LogP contribution is -2.70. The summed E-state index contributed by atoms with van der Waals surface area (Å²) in [5.74, 6) is -4.42. The standard InChI is InChI=1S/C23H26F3IN4O3/c1-4-31(22(2,3)21(28)33)12-23(34)10-30(11-23)20(32)14-6-7-15(24)18(26)19(14)29-17-8-5-13(27)9-16(17)25/h5-9,29,34H,4,10-12H2,1-3H3,(H2,28,33). The highest BCUT2D eigenvalue weighted by Gasteiger charge is 2.47. The maximum Gasteiger partial charge on any atom is 0.256 e. The molecule has 0 unspecified atom stereocenters. The monoisotopic (exact) mass is 590 g/mol. The largest absolute Gasteiger partial charge is 0.385 e. The topological polar surface area (TPSA) is 98.9 Å². The fourth-order valence-electron chi connectivity index (χ4n) is 3.87. The van der Waals surface area contributed by atoms with Crippen LogP contribution in [0.2, 0.25) is 0 Å². The van der Waals surface area contributed by atoms with Crippen molar-refractivity contribution in [3.05, 3.63) is 56.9 Å². The highest BCUT2D eigenvalue weighted by Crippen LogP contribution is 2.32. The zero-order valence-electron chi connectivity index (χ0n) is 19.0. The van der Waals surface area contributed by atoms with Gasteiger partial charge < -0.3 is 21.1 Å². The van der Waals surface area contributed by atoms with Gasteiger partial charge in [0.1, 0.15) is 11.4 Å². The van der Waals surface area contributed by atoms with E-state index in [2.05, 4.69) is 5.32 Å². The second kappa shape index (κ2) is 9.70. The first kappa shape index (κ1) is 26.2. The van der Waals surface area contributed by atoms with E-state index in [1.165, 1.54) is 17.0 Å². The van der Waals surface area contributed by atoms with Crippen molar-refractivity contribution in [2.24, 2.45) is 5.73 Å². The fraction of sp³-hybridized carbons (Fsp3) is 0.391. The van der Waals surface area contributed by atoms with Gasteiger partial charge in [-0.15, -0.1) is 0 Å². The number of amides is 2. The molecule has 1 saturated heterocycles. The quantitative estimate of drug-likeness (QED) is 0.411. The number of hydrogen-bond acceptors (Lipinski definition) is 5. The van der Waals surface area contributed by atoms with Crippen molar-refractivity contribution in [1.82, 2.24) is 9.80 Å². The molecule has 4 N–H and O–H groups in total. The average Bonchev–Trinajstić information content (AvgIpc) is 2.74. The molecule has 0 bridgehead atoms. The van der Waals surface area contributed by atoms with Gasteiger partial charge in [0.15, 0.2) is 11.6 Å². The van der Waals surface area contributed by atoms with Gasteiger partial charge >= 0.3 is 0 Å². The number of benzene rings is 2. The Kier molecular flexibility index (Phi) is 7.48.